The lowest BCUT2D eigenvalue weighted by Crippen LogP contribution is -2.28. The Morgan fingerprint density at radius 1 is 1.25 bits per heavy atom. The molecule has 0 radical (unpaired) electrons. The maximum absolute atomic E-state index is 13.2. The number of nitrogens with zero attached hydrogens (tertiary/aromatic N) is 1. The second kappa shape index (κ2) is 6.49. The molecule has 126 valence electrons. The van der Waals surface area contributed by atoms with Crippen molar-refractivity contribution in [3.8, 4) is 11.5 Å². The molecule has 5 nitrogen and oxygen atoms in total. The number of aliphatic hydroxyl groups is 1. The molecule has 3 rings (SSSR count). The van der Waals surface area contributed by atoms with Gasteiger partial charge in [0.25, 0.3) is 0 Å². The van der Waals surface area contributed by atoms with E-state index < -0.39 is 12.2 Å². The lowest BCUT2D eigenvalue weighted by molar-refractivity contribution is 0.0694. The van der Waals surface area contributed by atoms with E-state index in [1.165, 1.54) is 24.3 Å². The van der Waals surface area contributed by atoms with Gasteiger partial charge in [-0.1, -0.05) is 0 Å². The second-order valence-electron chi connectivity index (χ2n) is 5.81. The lowest BCUT2D eigenvalue weighted by Gasteiger charge is -2.23. The quantitative estimate of drug-likeness (QED) is 0.897. The van der Waals surface area contributed by atoms with Gasteiger partial charge in [0, 0.05) is 18.3 Å². The van der Waals surface area contributed by atoms with E-state index >= 15 is 0 Å². The first-order chi connectivity index (χ1) is 11.5. The van der Waals surface area contributed by atoms with E-state index in [1.54, 1.807) is 24.0 Å². The number of carboxylic acids is 1. The van der Waals surface area contributed by atoms with Gasteiger partial charge in [0.15, 0.2) is 0 Å². The van der Waals surface area contributed by atoms with E-state index in [0.717, 1.165) is 6.42 Å². The number of hydrogen-bond acceptors (Lipinski definition) is 4. The fourth-order valence-corrected chi connectivity index (χ4v) is 2.85. The third kappa shape index (κ3) is 3.19. The van der Waals surface area contributed by atoms with Crippen molar-refractivity contribution in [2.75, 3.05) is 11.4 Å². The molecule has 1 fully saturated rings. The van der Waals surface area contributed by atoms with Crippen molar-refractivity contribution in [2.45, 2.75) is 26.0 Å². The van der Waals surface area contributed by atoms with Crippen LogP contribution in [0.2, 0.25) is 0 Å². The van der Waals surface area contributed by atoms with E-state index in [-0.39, 0.29) is 17.1 Å². The molecule has 1 atom stereocenters. The Morgan fingerprint density at radius 2 is 2.04 bits per heavy atom. The van der Waals surface area contributed by atoms with Gasteiger partial charge >= 0.3 is 5.97 Å². The van der Waals surface area contributed by atoms with Crippen LogP contribution in [0.15, 0.2) is 36.4 Å². The molecule has 2 N–H and O–H groups in total. The molecule has 0 aliphatic carbocycles. The Kier molecular flexibility index (Phi) is 4.40. The molecule has 0 spiro atoms. The van der Waals surface area contributed by atoms with Gasteiger partial charge in [0.05, 0.1) is 0 Å². The van der Waals surface area contributed by atoms with Gasteiger partial charge in [-0.2, -0.15) is 0 Å². The summed E-state index contributed by atoms with van der Waals surface area (Å²) in [7, 11) is 0. The van der Waals surface area contributed by atoms with Gasteiger partial charge < -0.3 is 19.8 Å². The number of benzene rings is 2. The van der Waals surface area contributed by atoms with Crippen LogP contribution in [0, 0.1) is 12.7 Å². The van der Waals surface area contributed by atoms with E-state index in [4.69, 9.17) is 4.74 Å². The summed E-state index contributed by atoms with van der Waals surface area (Å²) in [6.45, 7) is 2.38. The fraction of sp³-hybridized carbons (Fsp3) is 0.278. The number of anilines is 1. The molecule has 1 unspecified atom stereocenters. The number of carboxylic acid groups (broad SMARTS) is 1. The van der Waals surface area contributed by atoms with Crippen molar-refractivity contribution in [2.24, 2.45) is 0 Å². The monoisotopic (exact) mass is 331 g/mol. The first-order valence-corrected chi connectivity index (χ1v) is 7.72. The number of ether oxygens (including phenoxy) is 1. The first-order valence-electron chi connectivity index (χ1n) is 7.72. The zero-order valence-corrected chi connectivity index (χ0v) is 13.2. The number of carbonyl (C=O) groups is 1. The normalized spacial score (nSPS) is 17.1. The highest BCUT2D eigenvalue weighted by Gasteiger charge is 2.24. The third-order valence-corrected chi connectivity index (χ3v) is 4.11. The van der Waals surface area contributed by atoms with Crippen molar-refractivity contribution < 1.29 is 24.1 Å². The molecule has 1 aliphatic heterocycles. The zero-order chi connectivity index (χ0) is 17.3. The minimum Gasteiger partial charge on any atom is -0.478 e. The molecule has 1 heterocycles. The summed E-state index contributed by atoms with van der Waals surface area (Å²) < 4.78 is 19.0. The molecule has 24 heavy (non-hydrogen) atoms. The molecule has 1 aliphatic rings. The average Bonchev–Trinajstić information content (AvgIpc) is 2.96. The standard InChI is InChI=1S/C18H18FNO4/c1-11-9-12(19)4-7-15(11)24-16-10-13(5-6-14(16)18(22)23)20-8-2-3-17(20)21/h4-7,9-10,17,21H,2-3,8H2,1H3,(H,22,23). The highest BCUT2D eigenvalue weighted by atomic mass is 19.1. The van der Waals surface area contributed by atoms with Crippen LogP contribution >= 0.6 is 0 Å². The molecule has 0 amide bonds. The lowest BCUT2D eigenvalue weighted by atomic mass is 10.1. The summed E-state index contributed by atoms with van der Waals surface area (Å²) in [5.41, 5.74) is 1.27. The smallest absolute Gasteiger partial charge is 0.339 e. The van der Waals surface area contributed by atoms with Crippen LogP contribution in [0.25, 0.3) is 0 Å². The van der Waals surface area contributed by atoms with Gasteiger partial charge in [-0.3, -0.25) is 0 Å². The van der Waals surface area contributed by atoms with Gasteiger partial charge in [-0.25, -0.2) is 9.18 Å². The highest BCUT2D eigenvalue weighted by molar-refractivity contribution is 5.91. The summed E-state index contributed by atoms with van der Waals surface area (Å²) in [6, 6.07) is 8.76. The maximum Gasteiger partial charge on any atom is 0.339 e. The van der Waals surface area contributed by atoms with Crippen molar-refractivity contribution >= 4 is 11.7 Å². The van der Waals surface area contributed by atoms with Crippen LogP contribution in [0.3, 0.4) is 0 Å². The van der Waals surface area contributed by atoms with Crippen LogP contribution in [-0.4, -0.2) is 29.0 Å². The molecule has 6 heteroatoms. The molecule has 0 aromatic heterocycles. The van der Waals surface area contributed by atoms with Crippen molar-refractivity contribution in [1.82, 2.24) is 0 Å². The van der Waals surface area contributed by atoms with Gasteiger partial charge in [-0.15, -0.1) is 0 Å². The van der Waals surface area contributed by atoms with Crippen LogP contribution in [0.1, 0.15) is 28.8 Å². The predicted molar refractivity (Wildman–Crippen MR) is 87.2 cm³/mol. The fourth-order valence-electron chi connectivity index (χ4n) is 2.85. The molecule has 2 aromatic carbocycles. The number of halogens is 1. The molecule has 0 bridgehead atoms. The van der Waals surface area contributed by atoms with Crippen LogP contribution in [0.5, 0.6) is 11.5 Å². The Morgan fingerprint density at radius 3 is 2.67 bits per heavy atom. The SMILES string of the molecule is Cc1cc(F)ccc1Oc1cc(N2CCCC2O)ccc1C(=O)O. The number of aliphatic hydroxyl groups excluding tert-OH is 1. The Hall–Kier alpha value is -2.60. The molecule has 2 aromatic rings. The Balaban J connectivity index is 1.98. The minimum atomic E-state index is -1.11. The van der Waals surface area contributed by atoms with Crippen LogP contribution < -0.4 is 9.64 Å². The third-order valence-electron chi connectivity index (χ3n) is 4.11. The van der Waals surface area contributed by atoms with Crippen molar-refractivity contribution in [3.05, 3.63) is 53.3 Å². The average molecular weight is 331 g/mol. The first kappa shape index (κ1) is 16.3. The Bertz CT molecular complexity index is 778. The van der Waals surface area contributed by atoms with E-state index in [9.17, 15) is 19.4 Å². The van der Waals surface area contributed by atoms with Gasteiger partial charge in [0.2, 0.25) is 0 Å². The highest BCUT2D eigenvalue weighted by Crippen LogP contribution is 2.34. The summed E-state index contributed by atoms with van der Waals surface area (Å²) in [4.78, 5) is 13.2. The van der Waals surface area contributed by atoms with Gasteiger partial charge in [0.1, 0.15) is 29.1 Å². The number of hydrogen-bond donors (Lipinski definition) is 2. The molecular formula is C18H18FNO4. The number of rotatable bonds is 4. The van der Waals surface area contributed by atoms with E-state index in [2.05, 4.69) is 0 Å². The summed E-state index contributed by atoms with van der Waals surface area (Å²) in [6.07, 6.45) is 0.962. The number of aromatic carboxylic acids is 1. The topological polar surface area (TPSA) is 70.0 Å². The van der Waals surface area contributed by atoms with E-state index in [0.29, 0.717) is 30.0 Å². The number of aryl methyl sites for hydroxylation is 1. The molecule has 0 saturated carbocycles. The second-order valence-corrected chi connectivity index (χ2v) is 5.81. The molecule has 1 saturated heterocycles. The maximum atomic E-state index is 13.2. The molecular weight excluding hydrogens is 313 g/mol. The van der Waals surface area contributed by atoms with Crippen molar-refractivity contribution in [1.29, 1.82) is 0 Å². The predicted octanol–water partition coefficient (Wildman–Crippen LogP) is 3.54. The summed E-state index contributed by atoms with van der Waals surface area (Å²) in [5.74, 6) is -0.947. The van der Waals surface area contributed by atoms with Crippen LogP contribution in [0.4, 0.5) is 10.1 Å². The van der Waals surface area contributed by atoms with Gasteiger partial charge in [-0.05, 0) is 55.7 Å². The summed E-state index contributed by atoms with van der Waals surface area (Å²) in [5, 5.41) is 19.4. The largest absolute Gasteiger partial charge is 0.478 e. The Labute approximate surface area is 138 Å². The zero-order valence-electron chi connectivity index (χ0n) is 13.2. The summed E-state index contributed by atoms with van der Waals surface area (Å²) >= 11 is 0. The van der Waals surface area contributed by atoms with E-state index in [1.807, 2.05) is 0 Å². The van der Waals surface area contributed by atoms with Crippen molar-refractivity contribution in [3.63, 3.8) is 0 Å². The minimum absolute atomic E-state index is 0.0103. The van der Waals surface area contributed by atoms with Crippen LogP contribution in [-0.2, 0) is 0 Å².